The quantitative estimate of drug-likeness (QED) is 0.0628. The number of carbonyl (C=O) groups is 3. The molecule has 2 fully saturated rings. The Labute approximate surface area is 337 Å². The molecule has 2 aliphatic rings. The number of anilines is 1. The van der Waals surface area contributed by atoms with Gasteiger partial charge < -0.3 is 25.5 Å². The summed E-state index contributed by atoms with van der Waals surface area (Å²) in [6, 6.07) is 25.2. The highest BCUT2D eigenvalue weighted by atomic mass is 16.5. The number of H-pyrrole nitrogens is 1. The normalized spacial score (nSPS) is 18.7. The van der Waals surface area contributed by atoms with Gasteiger partial charge in [-0.25, -0.2) is 9.97 Å². The maximum Gasteiger partial charge on any atom is 0.315 e. The van der Waals surface area contributed by atoms with Crippen molar-refractivity contribution in [2.45, 2.75) is 89.6 Å². The van der Waals surface area contributed by atoms with E-state index in [9.17, 15) is 14.4 Å². The third-order valence-corrected chi connectivity index (χ3v) is 11.3. The SMILES string of the molecule is Cc1cc(-c2ncnc3[nH]c(-c4ccc(NCCNC5CC(c6ccc(C7CCC(=O)NC7=O)cc6)C5)cc4)cc23)ccc1[C@@H](C)NC(=O)c1nc(C(C)(C)C)no1. The van der Waals surface area contributed by atoms with Crippen molar-refractivity contribution in [1.29, 1.82) is 0 Å². The molecule has 0 radical (unpaired) electrons. The number of aromatic amines is 1. The molecule has 1 aliphatic carbocycles. The van der Waals surface area contributed by atoms with E-state index in [1.807, 2.05) is 58.9 Å². The molecule has 2 atom stereocenters. The molecule has 1 saturated heterocycles. The van der Waals surface area contributed by atoms with E-state index in [2.05, 4.69) is 94.9 Å². The van der Waals surface area contributed by atoms with Crippen LogP contribution >= 0.6 is 0 Å². The lowest BCUT2D eigenvalue weighted by Gasteiger charge is -2.36. The summed E-state index contributed by atoms with van der Waals surface area (Å²) in [4.78, 5) is 53.6. The van der Waals surface area contributed by atoms with Crippen LogP contribution in [0.3, 0.4) is 0 Å². The Morgan fingerprint density at radius 1 is 0.931 bits per heavy atom. The van der Waals surface area contributed by atoms with Crippen LogP contribution in [-0.4, -0.2) is 61.9 Å². The van der Waals surface area contributed by atoms with Gasteiger partial charge in [-0.2, -0.15) is 4.98 Å². The summed E-state index contributed by atoms with van der Waals surface area (Å²) < 4.78 is 5.23. The molecule has 3 amide bonds. The molecule has 298 valence electrons. The number of nitrogens with one attached hydrogen (secondary N) is 5. The number of benzene rings is 3. The van der Waals surface area contributed by atoms with Crippen molar-refractivity contribution in [3.63, 3.8) is 0 Å². The van der Waals surface area contributed by atoms with Gasteiger partial charge in [-0.1, -0.05) is 74.5 Å². The number of aromatic nitrogens is 5. The summed E-state index contributed by atoms with van der Waals surface area (Å²) in [6.45, 7) is 11.5. The summed E-state index contributed by atoms with van der Waals surface area (Å²) in [6.07, 6.45) is 4.73. The molecule has 1 saturated carbocycles. The third kappa shape index (κ3) is 8.26. The molecule has 4 heterocycles. The van der Waals surface area contributed by atoms with Gasteiger partial charge in [0.2, 0.25) is 11.8 Å². The van der Waals surface area contributed by atoms with Gasteiger partial charge in [-0.3, -0.25) is 19.7 Å². The number of hydrogen-bond donors (Lipinski definition) is 5. The molecule has 6 aromatic rings. The van der Waals surface area contributed by atoms with E-state index in [1.165, 1.54) is 5.56 Å². The summed E-state index contributed by atoms with van der Waals surface area (Å²) >= 11 is 0. The van der Waals surface area contributed by atoms with Gasteiger partial charge in [0.1, 0.15) is 12.0 Å². The number of aryl methyl sites for hydroxylation is 1. The Bertz CT molecular complexity index is 2460. The second-order valence-electron chi connectivity index (χ2n) is 16.6. The number of hydrogen-bond acceptors (Lipinski definition) is 10. The van der Waals surface area contributed by atoms with Crippen molar-refractivity contribution in [2.24, 2.45) is 0 Å². The van der Waals surface area contributed by atoms with Gasteiger partial charge in [0.25, 0.3) is 0 Å². The first kappa shape index (κ1) is 38.7. The highest BCUT2D eigenvalue weighted by molar-refractivity contribution is 6.01. The average Bonchev–Trinajstić information content (AvgIpc) is 3.87. The molecule has 13 heteroatoms. The third-order valence-electron chi connectivity index (χ3n) is 11.3. The molecule has 8 rings (SSSR count). The lowest BCUT2D eigenvalue weighted by molar-refractivity contribution is -0.134. The van der Waals surface area contributed by atoms with Crippen LogP contribution in [0.2, 0.25) is 0 Å². The van der Waals surface area contributed by atoms with Crippen molar-refractivity contribution in [3.05, 3.63) is 113 Å². The second kappa shape index (κ2) is 16.0. The number of fused-ring (bicyclic) bond motifs is 1. The van der Waals surface area contributed by atoms with Gasteiger partial charge in [0, 0.05) is 53.3 Å². The fourth-order valence-corrected chi connectivity index (χ4v) is 7.91. The zero-order chi connectivity index (χ0) is 40.6. The molecular weight excluding hydrogens is 731 g/mol. The van der Waals surface area contributed by atoms with E-state index >= 15 is 0 Å². The fourth-order valence-electron chi connectivity index (χ4n) is 7.91. The van der Waals surface area contributed by atoms with E-state index in [0.29, 0.717) is 30.6 Å². The van der Waals surface area contributed by atoms with Crippen LogP contribution in [0, 0.1) is 6.92 Å². The summed E-state index contributed by atoms with van der Waals surface area (Å²) in [5.74, 6) is -0.0661. The topological polar surface area (TPSA) is 180 Å². The summed E-state index contributed by atoms with van der Waals surface area (Å²) in [7, 11) is 0. The van der Waals surface area contributed by atoms with Gasteiger partial charge in [0.15, 0.2) is 5.82 Å². The average molecular weight is 780 g/mol. The van der Waals surface area contributed by atoms with E-state index in [0.717, 1.165) is 81.9 Å². The number of amides is 3. The maximum absolute atomic E-state index is 12.9. The maximum atomic E-state index is 12.9. The van der Waals surface area contributed by atoms with E-state index in [-0.39, 0.29) is 35.1 Å². The van der Waals surface area contributed by atoms with Crippen LogP contribution in [0.25, 0.3) is 33.5 Å². The van der Waals surface area contributed by atoms with Crippen LogP contribution < -0.4 is 21.3 Å². The fraction of sp³-hybridized carbons (Fsp3) is 0.356. The Balaban J connectivity index is 0.824. The Kier molecular flexibility index (Phi) is 10.6. The first-order valence-corrected chi connectivity index (χ1v) is 20.0. The second-order valence-corrected chi connectivity index (χ2v) is 16.6. The van der Waals surface area contributed by atoms with Crippen molar-refractivity contribution < 1.29 is 18.9 Å². The number of rotatable bonds is 12. The van der Waals surface area contributed by atoms with Crippen LogP contribution in [0.1, 0.15) is 110 Å². The highest BCUT2D eigenvalue weighted by Crippen LogP contribution is 2.38. The first-order valence-electron chi connectivity index (χ1n) is 20.0. The van der Waals surface area contributed by atoms with Gasteiger partial charge >= 0.3 is 11.8 Å². The van der Waals surface area contributed by atoms with E-state index < -0.39 is 5.91 Å². The molecule has 1 unspecified atom stereocenters. The minimum atomic E-state index is -0.411. The van der Waals surface area contributed by atoms with Crippen molar-refractivity contribution in [1.82, 2.24) is 41.0 Å². The number of piperidine rings is 1. The predicted octanol–water partition coefficient (Wildman–Crippen LogP) is 7.24. The zero-order valence-electron chi connectivity index (χ0n) is 33.5. The lowest BCUT2D eigenvalue weighted by atomic mass is 9.75. The van der Waals surface area contributed by atoms with Crippen LogP contribution in [0.4, 0.5) is 5.69 Å². The molecule has 58 heavy (non-hydrogen) atoms. The molecule has 1 aliphatic heterocycles. The molecular formula is C45H49N9O4. The van der Waals surface area contributed by atoms with E-state index in [1.54, 1.807) is 6.33 Å². The lowest BCUT2D eigenvalue weighted by Crippen LogP contribution is -2.42. The summed E-state index contributed by atoms with van der Waals surface area (Å²) in [5.41, 5.74) is 9.54. The van der Waals surface area contributed by atoms with Gasteiger partial charge in [-0.15, -0.1) is 0 Å². The number of imide groups is 1. The first-order chi connectivity index (χ1) is 27.9. The highest BCUT2D eigenvalue weighted by Gasteiger charge is 2.31. The molecule has 13 nitrogen and oxygen atoms in total. The molecule has 3 aromatic carbocycles. The van der Waals surface area contributed by atoms with Gasteiger partial charge in [-0.05, 0) is 91.1 Å². The summed E-state index contributed by atoms with van der Waals surface area (Å²) in [5, 5.41) is 17.5. The largest absolute Gasteiger partial charge is 0.384 e. The Hall–Kier alpha value is -6.21. The Morgan fingerprint density at radius 2 is 1.67 bits per heavy atom. The molecule has 5 N–H and O–H groups in total. The molecule has 0 bridgehead atoms. The number of nitrogens with zero attached hydrogens (tertiary/aromatic N) is 4. The van der Waals surface area contributed by atoms with Crippen molar-refractivity contribution in [2.75, 3.05) is 18.4 Å². The number of carbonyl (C=O) groups excluding carboxylic acids is 3. The predicted molar refractivity (Wildman–Crippen MR) is 222 cm³/mol. The molecule has 3 aromatic heterocycles. The van der Waals surface area contributed by atoms with Crippen molar-refractivity contribution >= 4 is 34.4 Å². The standard InChI is InChI=1S/C45H49N9O4/c1-25-20-30(12-15-34(25)26(2)50-42(57)43-53-44(54-58-43)45(3,4)5)39-36-23-37(51-40(36)49-24-48-39)29-10-13-32(14-11-29)46-18-19-47-33-21-31(22-33)27-6-8-28(9-7-27)35-16-17-38(55)52-41(35)56/h6-15,20,23-24,26,31,33,35,46-47H,16-19,21-22H2,1-5H3,(H,50,57)(H,48,49,51)(H,52,55,56)/t26-,31?,33?,35?/m1/s1. The Morgan fingerprint density at radius 3 is 2.38 bits per heavy atom. The minimum Gasteiger partial charge on any atom is -0.384 e. The van der Waals surface area contributed by atoms with Gasteiger partial charge in [0.05, 0.1) is 17.7 Å². The monoisotopic (exact) mass is 779 g/mol. The van der Waals surface area contributed by atoms with E-state index in [4.69, 9.17) is 4.52 Å². The van der Waals surface area contributed by atoms with Crippen molar-refractivity contribution in [3.8, 4) is 22.5 Å². The smallest absolute Gasteiger partial charge is 0.315 e. The minimum absolute atomic E-state index is 0.0499. The zero-order valence-corrected chi connectivity index (χ0v) is 33.5. The van der Waals surface area contributed by atoms with Crippen LogP contribution in [-0.2, 0) is 15.0 Å². The van der Waals surface area contributed by atoms with Crippen LogP contribution in [0.15, 0.2) is 83.6 Å². The molecule has 0 spiro atoms. The van der Waals surface area contributed by atoms with Crippen LogP contribution in [0.5, 0.6) is 0 Å².